The molecule has 1 saturated heterocycles. The third-order valence-electron chi connectivity index (χ3n) is 3.33. The maximum Gasteiger partial charge on any atom is 0.224 e. The molecule has 2 rings (SSSR count). The number of carbonyl (C=O) groups excluding carboxylic acids is 1. The molecule has 0 saturated carbocycles. The van der Waals surface area contributed by atoms with Gasteiger partial charge in [-0.2, -0.15) is 0 Å². The molecule has 1 fully saturated rings. The highest BCUT2D eigenvalue weighted by Crippen LogP contribution is 2.08. The van der Waals surface area contributed by atoms with E-state index in [0.717, 1.165) is 38.4 Å². The number of nitrogens with two attached hydrogens (primary N) is 1. The second-order valence-electron chi connectivity index (χ2n) is 5.16. The molecule has 104 valence electrons. The van der Waals surface area contributed by atoms with Gasteiger partial charge in [0.05, 0.1) is 5.69 Å². The van der Waals surface area contributed by atoms with Gasteiger partial charge in [-0.25, -0.2) is 0 Å². The average molecular weight is 262 g/mol. The van der Waals surface area contributed by atoms with Gasteiger partial charge >= 0.3 is 0 Å². The first kappa shape index (κ1) is 14.0. The van der Waals surface area contributed by atoms with Crippen molar-refractivity contribution in [2.24, 2.45) is 5.73 Å². The van der Waals surface area contributed by atoms with E-state index in [2.05, 4.69) is 9.88 Å². The van der Waals surface area contributed by atoms with Crippen LogP contribution in [0.25, 0.3) is 0 Å². The molecular weight excluding hydrogens is 240 g/mol. The predicted molar refractivity (Wildman–Crippen MR) is 74.4 cm³/mol. The van der Waals surface area contributed by atoms with Crippen LogP contribution in [0.5, 0.6) is 0 Å². The Hall–Kier alpha value is -1.46. The lowest BCUT2D eigenvalue weighted by Crippen LogP contribution is -2.49. The van der Waals surface area contributed by atoms with Crippen molar-refractivity contribution in [2.45, 2.75) is 25.9 Å². The van der Waals surface area contributed by atoms with Crippen LogP contribution in [0.1, 0.15) is 19.0 Å². The standard InChI is InChI=1S/C14H22N4O/c1-12(15)10-14(19)18-8-6-17(7-9-18)11-13-4-2-3-5-16-13/h2-5,12H,6-11,15H2,1H3. The molecule has 1 atom stereocenters. The number of carbonyl (C=O) groups is 1. The molecule has 1 aliphatic heterocycles. The van der Waals surface area contributed by atoms with Gasteiger partial charge in [-0.05, 0) is 19.1 Å². The zero-order chi connectivity index (χ0) is 13.7. The van der Waals surface area contributed by atoms with Crippen molar-refractivity contribution in [2.75, 3.05) is 26.2 Å². The molecule has 0 radical (unpaired) electrons. The highest BCUT2D eigenvalue weighted by Gasteiger charge is 2.21. The number of pyridine rings is 1. The zero-order valence-electron chi connectivity index (χ0n) is 11.5. The molecular formula is C14H22N4O. The number of amides is 1. The molecule has 1 amide bonds. The van der Waals surface area contributed by atoms with E-state index in [9.17, 15) is 4.79 Å². The van der Waals surface area contributed by atoms with Crippen LogP contribution in [-0.4, -0.2) is 52.9 Å². The summed E-state index contributed by atoms with van der Waals surface area (Å²) in [5, 5.41) is 0. The van der Waals surface area contributed by atoms with Crippen LogP contribution in [0, 0.1) is 0 Å². The highest BCUT2D eigenvalue weighted by molar-refractivity contribution is 5.76. The molecule has 0 aromatic carbocycles. The highest BCUT2D eigenvalue weighted by atomic mass is 16.2. The first-order valence-corrected chi connectivity index (χ1v) is 6.81. The first-order chi connectivity index (χ1) is 9.15. The molecule has 1 aliphatic rings. The number of hydrogen-bond acceptors (Lipinski definition) is 4. The quantitative estimate of drug-likeness (QED) is 0.856. The molecule has 2 N–H and O–H groups in total. The maximum absolute atomic E-state index is 11.9. The fourth-order valence-electron chi connectivity index (χ4n) is 2.28. The number of piperazine rings is 1. The zero-order valence-corrected chi connectivity index (χ0v) is 11.5. The maximum atomic E-state index is 11.9. The minimum atomic E-state index is -0.0564. The van der Waals surface area contributed by atoms with Crippen molar-refractivity contribution in [3.05, 3.63) is 30.1 Å². The van der Waals surface area contributed by atoms with Gasteiger partial charge in [0.25, 0.3) is 0 Å². The van der Waals surface area contributed by atoms with E-state index >= 15 is 0 Å². The second kappa shape index (κ2) is 6.63. The molecule has 19 heavy (non-hydrogen) atoms. The van der Waals surface area contributed by atoms with Crippen molar-refractivity contribution in [3.8, 4) is 0 Å². The number of aromatic nitrogens is 1. The summed E-state index contributed by atoms with van der Waals surface area (Å²) < 4.78 is 0. The van der Waals surface area contributed by atoms with Crippen LogP contribution < -0.4 is 5.73 Å². The van der Waals surface area contributed by atoms with Crippen LogP contribution in [0.3, 0.4) is 0 Å². The van der Waals surface area contributed by atoms with Crippen molar-refractivity contribution in [1.82, 2.24) is 14.8 Å². The Morgan fingerprint density at radius 3 is 2.68 bits per heavy atom. The van der Waals surface area contributed by atoms with Gasteiger partial charge in [-0.1, -0.05) is 6.07 Å². The summed E-state index contributed by atoms with van der Waals surface area (Å²) in [6, 6.07) is 5.91. The molecule has 5 nitrogen and oxygen atoms in total. The number of nitrogens with zero attached hydrogens (tertiary/aromatic N) is 3. The van der Waals surface area contributed by atoms with Crippen LogP contribution in [0.2, 0.25) is 0 Å². The lowest BCUT2D eigenvalue weighted by molar-refractivity contribution is -0.133. The Morgan fingerprint density at radius 1 is 1.37 bits per heavy atom. The smallest absolute Gasteiger partial charge is 0.224 e. The van der Waals surface area contributed by atoms with Gasteiger partial charge in [0.1, 0.15) is 0 Å². The first-order valence-electron chi connectivity index (χ1n) is 6.81. The minimum absolute atomic E-state index is 0.0564. The summed E-state index contributed by atoms with van der Waals surface area (Å²) in [5.41, 5.74) is 6.74. The second-order valence-corrected chi connectivity index (χ2v) is 5.16. The summed E-state index contributed by atoms with van der Waals surface area (Å²) in [6.07, 6.45) is 2.26. The van der Waals surface area contributed by atoms with Crippen LogP contribution in [-0.2, 0) is 11.3 Å². The molecule has 0 spiro atoms. The molecule has 5 heteroatoms. The molecule has 0 aliphatic carbocycles. The Balaban J connectivity index is 1.78. The Kier molecular flexibility index (Phi) is 4.87. The third-order valence-corrected chi connectivity index (χ3v) is 3.33. The van der Waals surface area contributed by atoms with E-state index < -0.39 is 0 Å². The number of rotatable bonds is 4. The monoisotopic (exact) mass is 262 g/mol. The molecule has 1 aromatic heterocycles. The van der Waals surface area contributed by atoms with Gasteiger partial charge in [-0.3, -0.25) is 14.7 Å². The van der Waals surface area contributed by atoms with Crippen LogP contribution in [0.4, 0.5) is 0 Å². The van der Waals surface area contributed by atoms with Gasteiger partial charge in [-0.15, -0.1) is 0 Å². The van der Waals surface area contributed by atoms with Crippen molar-refractivity contribution in [3.63, 3.8) is 0 Å². The summed E-state index contributed by atoms with van der Waals surface area (Å²) in [5.74, 6) is 0.174. The van der Waals surface area contributed by atoms with Crippen molar-refractivity contribution >= 4 is 5.91 Å². The molecule has 0 bridgehead atoms. The summed E-state index contributed by atoms with van der Waals surface area (Å²) in [6.45, 7) is 6.12. The molecule has 1 unspecified atom stereocenters. The fraction of sp³-hybridized carbons (Fsp3) is 0.571. The summed E-state index contributed by atoms with van der Waals surface area (Å²) >= 11 is 0. The SMILES string of the molecule is CC(N)CC(=O)N1CCN(Cc2ccccn2)CC1. The van der Waals surface area contributed by atoms with Gasteiger partial charge < -0.3 is 10.6 Å². The summed E-state index contributed by atoms with van der Waals surface area (Å²) in [4.78, 5) is 20.5. The Bertz CT molecular complexity index is 399. The van der Waals surface area contributed by atoms with E-state index in [-0.39, 0.29) is 11.9 Å². The Morgan fingerprint density at radius 2 is 2.11 bits per heavy atom. The fourth-order valence-corrected chi connectivity index (χ4v) is 2.28. The normalized spacial score (nSPS) is 18.3. The number of hydrogen-bond donors (Lipinski definition) is 1. The van der Waals surface area contributed by atoms with E-state index in [1.165, 1.54) is 0 Å². The Labute approximate surface area is 114 Å². The van der Waals surface area contributed by atoms with E-state index in [1.807, 2.05) is 36.2 Å². The van der Waals surface area contributed by atoms with Crippen LogP contribution >= 0.6 is 0 Å². The lowest BCUT2D eigenvalue weighted by atomic mass is 10.2. The largest absolute Gasteiger partial charge is 0.340 e. The van der Waals surface area contributed by atoms with Crippen molar-refractivity contribution < 1.29 is 4.79 Å². The topological polar surface area (TPSA) is 62.5 Å². The van der Waals surface area contributed by atoms with Gasteiger partial charge in [0.15, 0.2) is 0 Å². The predicted octanol–water partition coefficient (Wildman–Crippen LogP) is 0.463. The summed E-state index contributed by atoms with van der Waals surface area (Å²) in [7, 11) is 0. The average Bonchev–Trinajstić information content (AvgIpc) is 2.40. The lowest BCUT2D eigenvalue weighted by Gasteiger charge is -2.34. The molecule has 1 aromatic rings. The molecule has 2 heterocycles. The van der Waals surface area contributed by atoms with Crippen molar-refractivity contribution in [1.29, 1.82) is 0 Å². The van der Waals surface area contributed by atoms with Gasteiger partial charge in [0.2, 0.25) is 5.91 Å². The van der Waals surface area contributed by atoms with Crippen LogP contribution in [0.15, 0.2) is 24.4 Å². The third kappa shape index (κ3) is 4.29. The van der Waals surface area contributed by atoms with E-state index in [4.69, 9.17) is 5.73 Å². The van der Waals surface area contributed by atoms with E-state index in [0.29, 0.717) is 6.42 Å². The van der Waals surface area contributed by atoms with Gasteiger partial charge in [0, 0.05) is 51.4 Å². The van der Waals surface area contributed by atoms with E-state index in [1.54, 1.807) is 0 Å². The minimum Gasteiger partial charge on any atom is -0.340 e.